The van der Waals surface area contributed by atoms with E-state index in [1.165, 1.54) is 5.56 Å². The summed E-state index contributed by atoms with van der Waals surface area (Å²) in [5.74, 6) is 1.61. The second-order valence-corrected chi connectivity index (χ2v) is 7.03. The van der Waals surface area contributed by atoms with Crippen LogP contribution in [0, 0.1) is 5.92 Å². The van der Waals surface area contributed by atoms with Gasteiger partial charge in [0.25, 0.3) is 0 Å². The van der Waals surface area contributed by atoms with E-state index in [-0.39, 0.29) is 23.5 Å². The van der Waals surface area contributed by atoms with Crippen LogP contribution in [0.3, 0.4) is 0 Å². The SMILES string of the molecule is CC(C)CC1NC(=O)CC1(C)c1ccc(OC(C)C)cc1. The molecule has 0 aromatic heterocycles. The molecule has 1 N–H and O–H groups in total. The zero-order valence-corrected chi connectivity index (χ0v) is 13.8. The molecule has 0 saturated carbocycles. The molecule has 1 aromatic rings. The molecule has 1 heterocycles. The van der Waals surface area contributed by atoms with Gasteiger partial charge in [0.05, 0.1) is 6.10 Å². The summed E-state index contributed by atoms with van der Waals surface area (Å²) < 4.78 is 5.69. The quantitative estimate of drug-likeness (QED) is 0.898. The van der Waals surface area contributed by atoms with Gasteiger partial charge in [0, 0.05) is 17.9 Å². The molecule has 2 unspecified atom stereocenters. The summed E-state index contributed by atoms with van der Waals surface area (Å²) in [6.45, 7) is 10.6. The molecule has 116 valence electrons. The van der Waals surface area contributed by atoms with E-state index in [0.29, 0.717) is 12.3 Å². The topological polar surface area (TPSA) is 38.3 Å². The molecule has 2 rings (SSSR count). The fraction of sp³-hybridized carbons (Fsp3) is 0.611. The van der Waals surface area contributed by atoms with Crippen molar-refractivity contribution >= 4 is 5.91 Å². The maximum Gasteiger partial charge on any atom is 0.221 e. The van der Waals surface area contributed by atoms with Crippen LogP contribution < -0.4 is 10.1 Å². The highest BCUT2D eigenvalue weighted by Crippen LogP contribution is 2.38. The van der Waals surface area contributed by atoms with E-state index in [4.69, 9.17) is 4.74 Å². The number of benzene rings is 1. The fourth-order valence-electron chi connectivity index (χ4n) is 3.14. The lowest BCUT2D eigenvalue weighted by molar-refractivity contribution is -0.119. The van der Waals surface area contributed by atoms with Gasteiger partial charge in [0.15, 0.2) is 0 Å². The van der Waals surface area contributed by atoms with Crippen LogP contribution in [0.25, 0.3) is 0 Å². The van der Waals surface area contributed by atoms with Crippen LogP contribution in [0.2, 0.25) is 0 Å². The van der Waals surface area contributed by atoms with E-state index < -0.39 is 0 Å². The van der Waals surface area contributed by atoms with Crippen molar-refractivity contribution < 1.29 is 9.53 Å². The van der Waals surface area contributed by atoms with Crippen LogP contribution in [0.5, 0.6) is 5.75 Å². The summed E-state index contributed by atoms with van der Waals surface area (Å²) in [7, 11) is 0. The van der Waals surface area contributed by atoms with Crippen molar-refractivity contribution in [3.63, 3.8) is 0 Å². The first kappa shape index (κ1) is 15.9. The van der Waals surface area contributed by atoms with Crippen LogP contribution >= 0.6 is 0 Å². The molecule has 1 fully saturated rings. The minimum absolute atomic E-state index is 0.127. The first-order valence-electron chi connectivity index (χ1n) is 7.88. The third-order valence-electron chi connectivity index (χ3n) is 4.22. The van der Waals surface area contributed by atoms with Gasteiger partial charge >= 0.3 is 0 Å². The van der Waals surface area contributed by atoms with Gasteiger partial charge in [-0.15, -0.1) is 0 Å². The molecule has 1 aliphatic heterocycles. The maximum atomic E-state index is 11.9. The Morgan fingerprint density at radius 3 is 2.38 bits per heavy atom. The minimum atomic E-state index is -0.127. The number of amides is 1. The van der Waals surface area contributed by atoms with Gasteiger partial charge in [-0.2, -0.15) is 0 Å². The molecule has 3 heteroatoms. The Morgan fingerprint density at radius 2 is 1.86 bits per heavy atom. The third-order valence-corrected chi connectivity index (χ3v) is 4.22. The molecule has 0 bridgehead atoms. The van der Waals surface area contributed by atoms with Crippen molar-refractivity contribution in [3.8, 4) is 5.75 Å². The molecular weight excluding hydrogens is 262 g/mol. The maximum absolute atomic E-state index is 11.9. The second-order valence-electron chi connectivity index (χ2n) is 7.03. The van der Waals surface area contributed by atoms with Crippen molar-refractivity contribution in [3.05, 3.63) is 29.8 Å². The summed E-state index contributed by atoms with van der Waals surface area (Å²) in [4.78, 5) is 11.9. The number of carbonyl (C=O) groups is 1. The van der Waals surface area contributed by atoms with Gasteiger partial charge in [-0.3, -0.25) is 4.79 Å². The Balaban J connectivity index is 2.22. The van der Waals surface area contributed by atoms with Gasteiger partial charge < -0.3 is 10.1 Å². The molecule has 3 nitrogen and oxygen atoms in total. The van der Waals surface area contributed by atoms with E-state index in [1.54, 1.807) is 0 Å². The molecule has 1 amide bonds. The molecule has 2 atom stereocenters. The third kappa shape index (κ3) is 3.58. The summed E-state index contributed by atoms with van der Waals surface area (Å²) in [5, 5.41) is 3.15. The number of hydrogen-bond acceptors (Lipinski definition) is 2. The smallest absolute Gasteiger partial charge is 0.221 e. The monoisotopic (exact) mass is 289 g/mol. The number of rotatable bonds is 5. The molecule has 0 aliphatic carbocycles. The molecule has 21 heavy (non-hydrogen) atoms. The van der Waals surface area contributed by atoms with Crippen molar-refractivity contribution in [2.45, 2.75) is 65.0 Å². The van der Waals surface area contributed by atoms with Gasteiger partial charge in [-0.25, -0.2) is 0 Å². The first-order valence-corrected chi connectivity index (χ1v) is 7.88. The Bertz CT molecular complexity index is 492. The highest BCUT2D eigenvalue weighted by Gasteiger charge is 2.44. The van der Waals surface area contributed by atoms with Crippen LogP contribution in [-0.2, 0) is 10.2 Å². The van der Waals surface area contributed by atoms with Gasteiger partial charge in [-0.1, -0.05) is 32.9 Å². The molecule has 0 radical (unpaired) electrons. The molecule has 1 saturated heterocycles. The van der Waals surface area contributed by atoms with Crippen LogP contribution in [-0.4, -0.2) is 18.1 Å². The minimum Gasteiger partial charge on any atom is -0.491 e. The van der Waals surface area contributed by atoms with Crippen LogP contribution in [0.4, 0.5) is 0 Å². The fourth-order valence-corrected chi connectivity index (χ4v) is 3.14. The van der Waals surface area contributed by atoms with Crippen molar-refractivity contribution in [1.29, 1.82) is 0 Å². The standard InChI is InChI=1S/C18H27NO2/c1-12(2)10-16-18(5,11-17(20)19-16)14-6-8-15(9-7-14)21-13(3)4/h6-9,12-13,16H,10-11H2,1-5H3,(H,19,20). The van der Waals surface area contributed by atoms with Crippen LogP contribution in [0.1, 0.15) is 53.0 Å². The van der Waals surface area contributed by atoms with Crippen LogP contribution in [0.15, 0.2) is 24.3 Å². The van der Waals surface area contributed by atoms with E-state index >= 15 is 0 Å². The van der Waals surface area contributed by atoms with E-state index in [2.05, 4.69) is 38.2 Å². The normalized spacial score (nSPS) is 25.5. The highest BCUT2D eigenvalue weighted by atomic mass is 16.5. The average molecular weight is 289 g/mol. The lowest BCUT2D eigenvalue weighted by Crippen LogP contribution is -2.39. The Morgan fingerprint density at radius 1 is 1.24 bits per heavy atom. The highest BCUT2D eigenvalue weighted by molar-refractivity contribution is 5.81. The molecule has 1 aliphatic rings. The Labute approximate surface area is 128 Å². The number of nitrogens with one attached hydrogen (secondary N) is 1. The predicted molar refractivity (Wildman–Crippen MR) is 85.6 cm³/mol. The Hall–Kier alpha value is -1.51. The van der Waals surface area contributed by atoms with E-state index in [0.717, 1.165) is 12.2 Å². The number of ether oxygens (including phenoxy) is 1. The molecular formula is C18H27NO2. The zero-order valence-electron chi connectivity index (χ0n) is 13.8. The summed E-state index contributed by atoms with van der Waals surface area (Å²) in [5.41, 5.74) is 1.08. The first-order chi connectivity index (χ1) is 9.81. The van der Waals surface area contributed by atoms with Crippen molar-refractivity contribution in [2.75, 3.05) is 0 Å². The number of carbonyl (C=O) groups excluding carboxylic acids is 1. The zero-order chi connectivity index (χ0) is 15.6. The van der Waals surface area contributed by atoms with Gasteiger partial charge in [0.1, 0.15) is 5.75 Å². The van der Waals surface area contributed by atoms with E-state index in [1.807, 2.05) is 26.0 Å². The summed E-state index contributed by atoms with van der Waals surface area (Å²) in [6, 6.07) is 8.43. The summed E-state index contributed by atoms with van der Waals surface area (Å²) in [6.07, 6.45) is 1.75. The van der Waals surface area contributed by atoms with Gasteiger partial charge in [-0.05, 0) is 43.9 Å². The van der Waals surface area contributed by atoms with Crippen molar-refractivity contribution in [1.82, 2.24) is 5.32 Å². The lowest BCUT2D eigenvalue weighted by Gasteiger charge is -2.32. The van der Waals surface area contributed by atoms with Crippen molar-refractivity contribution in [2.24, 2.45) is 5.92 Å². The Kier molecular flexibility index (Phi) is 4.60. The number of hydrogen-bond donors (Lipinski definition) is 1. The average Bonchev–Trinajstić information content (AvgIpc) is 2.64. The molecule has 0 spiro atoms. The lowest BCUT2D eigenvalue weighted by atomic mass is 9.73. The predicted octanol–water partition coefficient (Wildman–Crippen LogP) is 3.67. The largest absolute Gasteiger partial charge is 0.491 e. The van der Waals surface area contributed by atoms with Gasteiger partial charge in [0.2, 0.25) is 5.91 Å². The van der Waals surface area contributed by atoms with E-state index in [9.17, 15) is 4.79 Å². The molecule has 1 aromatic carbocycles. The second kappa shape index (κ2) is 6.08. The summed E-state index contributed by atoms with van der Waals surface area (Å²) >= 11 is 0.